The SMILES string of the molecule is C=C(O)[C@@H](CNC(=O)NCc1ccccc1)NC(=O)[C@H]1CCCN1S(=O)(=O)c1cc(F)cc(F)c1. The van der Waals surface area contributed by atoms with Crippen LogP contribution in [0.3, 0.4) is 0 Å². The van der Waals surface area contributed by atoms with Gasteiger partial charge in [0.2, 0.25) is 15.9 Å². The van der Waals surface area contributed by atoms with Crippen LogP contribution < -0.4 is 16.0 Å². The van der Waals surface area contributed by atoms with Crippen molar-refractivity contribution in [2.24, 2.45) is 0 Å². The number of hydrogen-bond acceptors (Lipinski definition) is 5. The third-order valence-electron chi connectivity index (χ3n) is 5.43. The maximum Gasteiger partial charge on any atom is 0.315 e. The van der Waals surface area contributed by atoms with Gasteiger partial charge in [-0.05, 0) is 30.5 Å². The molecule has 0 aromatic heterocycles. The number of rotatable bonds is 9. The zero-order valence-corrected chi connectivity index (χ0v) is 19.5. The smallest absolute Gasteiger partial charge is 0.315 e. The van der Waals surface area contributed by atoms with Crippen LogP contribution in [0.4, 0.5) is 13.6 Å². The first-order valence-electron chi connectivity index (χ1n) is 10.8. The van der Waals surface area contributed by atoms with Crippen molar-refractivity contribution in [2.75, 3.05) is 13.1 Å². The van der Waals surface area contributed by atoms with E-state index in [1.807, 2.05) is 30.3 Å². The minimum atomic E-state index is -4.37. The van der Waals surface area contributed by atoms with Gasteiger partial charge in [0.15, 0.2) is 0 Å². The molecule has 0 aliphatic carbocycles. The van der Waals surface area contributed by atoms with Gasteiger partial charge in [-0.3, -0.25) is 4.79 Å². The average Bonchev–Trinajstić information content (AvgIpc) is 3.31. The Morgan fingerprint density at radius 3 is 2.40 bits per heavy atom. The first-order valence-corrected chi connectivity index (χ1v) is 12.2. The van der Waals surface area contributed by atoms with Crippen LogP contribution in [0, 0.1) is 11.6 Å². The number of sulfonamides is 1. The van der Waals surface area contributed by atoms with Gasteiger partial charge < -0.3 is 21.1 Å². The summed E-state index contributed by atoms with van der Waals surface area (Å²) in [6.07, 6.45) is 0.512. The molecule has 3 amide bonds. The number of amides is 3. The van der Waals surface area contributed by atoms with Crippen LogP contribution in [0.2, 0.25) is 0 Å². The Hall–Kier alpha value is -3.51. The molecule has 188 valence electrons. The summed E-state index contributed by atoms with van der Waals surface area (Å²) in [6, 6.07) is 8.27. The lowest BCUT2D eigenvalue weighted by atomic mass is 10.2. The monoisotopic (exact) mass is 508 g/mol. The summed E-state index contributed by atoms with van der Waals surface area (Å²) < 4.78 is 54.0. The number of urea groups is 1. The summed E-state index contributed by atoms with van der Waals surface area (Å²) in [7, 11) is -4.37. The molecule has 2 atom stereocenters. The Morgan fingerprint density at radius 2 is 1.77 bits per heavy atom. The van der Waals surface area contributed by atoms with Crippen molar-refractivity contribution in [3.8, 4) is 0 Å². The quantitative estimate of drug-likeness (QED) is 0.386. The second kappa shape index (κ2) is 11.3. The first-order chi connectivity index (χ1) is 16.6. The Bertz CT molecular complexity index is 1170. The minimum absolute atomic E-state index is 0.0244. The van der Waals surface area contributed by atoms with E-state index in [9.17, 15) is 31.9 Å². The molecule has 2 aromatic rings. The highest BCUT2D eigenvalue weighted by atomic mass is 32.2. The molecule has 0 radical (unpaired) electrons. The molecule has 2 aromatic carbocycles. The molecule has 0 saturated carbocycles. The topological polar surface area (TPSA) is 128 Å². The molecule has 9 nitrogen and oxygen atoms in total. The number of halogens is 2. The fourth-order valence-corrected chi connectivity index (χ4v) is 5.36. The summed E-state index contributed by atoms with van der Waals surface area (Å²) >= 11 is 0. The molecule has 35 heavy (non-hydrogen) atoms. The number of carbonyl (C=O) groups excluding carboxylic acids is 2. The van der Waals surface area contributed by atoms with Crippen molar-refractivity contribution in [1.29, 1.82) is 0 Å². The van der Waals surface area contributed by atoms with Gasteiger partial charge in [-0.1, -0.05) is 36.9 Å². The predicted molar refractivity (Wildman–Crippen MR) is 124 cm³/mol. The van der Waals surface area contributed by atoms with Crippen LogP contribution in [-0.4, -0.2) is 54.9 Å². The summed E-state index contributed by atoms with van der Waals surface area (Å²) in [5, 5.41) is 17.5. The van der Waals surface area contributed by atoms with Gasteiger partial charge in [0, 0.05) is 25.7 Å². The Morgan fingerprint density at radius 1 is 1.11 bits per heavy atom. The van der Waals surface area contributed by atoms with Crippen molar-refractivity contribution >= 4 is 22.0 Å². The molecule has 0 unspecified atom stereocenters. The minimum Gasteiger partial charge on any atom is -0.511 e. The molecule has 1 heterocycles. The normalized spacial score (nSPS) is 16.9. The van der Waals surface area contributed by atoms with Gasteiger partial charge in [-0.2, -0.15) is 4.31 Å². The van der Waals surface area contributed by atoms with Crippen LogP contribution >= 0.6 is 0 Å². The van der Waals surface area contributed by atoms with E-state index in [0.717, 1.165) is 9.87 Å². The van der Waals surface area contributed by atoms with E-state index < -0.39 is 56.3 Å². The summed E-state index contributed by atoms with van der Waals surface area (Å²) in [5.74, 6) is -3.30. The van der Waals surface area contributed by atoms with Gasteiger partial charge in [0.1, 0.15) is 29.5 Å². The van der Waals surface area contributed by atoms with Crippen molar-refractivity contribution in [2.45, 2.75) is 36.4 Å². The van der Waals surface area contributed by atoms with Gasteiger partial charge in [-0.15, -0.1) is 0 Å². The van der Waals surface area contributed by atoms with Crippen molar-refractivity contribution in [1.82, 2.24) is 20.3 Å². The first kappa shape index (κ1) is 26.1. The summed E-state index contributed by atoms with van der Waals surface area (Å²) in [4.78, 5) is 24.4. The van der Waals surface area contributed by atoms with Gasteiger partial charge in [0.05, 0.1) is 4.90 Å². The Balaban J connectivity index is 1.62. The molecule has 12 heteroatoms. The lowest BCUT2D eigenvalue weighted by molar-refractivity contribution is -0.124. The van der Waals surface area contributed by atoms with E-state index in [1.165, 1.54) is 0 Å². The average molecular weight is 509 g/mol. The third-order valence-corrected chi connectivity index (χ3v) is 7.32. The van der Waals surface area contributed by atoms with Gasteiger partial charge in [-0.25, -0.2) is 22.0 Å². The lowest BCUT2D eigenvalue weighted by Gasteiger charge is -2.26. The molecular formula is C23H26F2N4O5S. The molecule has 1 fully saturated rings. The molecule has 0 bridgehead atoms. The predicted octanol–water partition coefficient (Wildman–Crippen LogP) is 2.17. The molecule has 1 aliphatic rings. The van der Waals surface area contributed by atoms with E-state index in [4.69, 9.17) is 0 Å². The maximum absolute atomic E-state index is 13.6. The number of nitrogens with zero attached hydrogens (tertiary/aromatic N) is 1. The van der Waals surface area contributed by atoms with Gasteiger partial charge in [0.25, 0.3) is 0 Å². The van der Waals surface area contributed by atoms with E-state index in [2.05, 4.69) is 22.5 Å². The fourth-order valence-electron chi connectivity index (χ4n) is 3.66. The van der Waals surface area contributed by atoms with Crippen LogP contribution in [0.25, 0.3) is 0 Å². The summed E-state index contributed by atoms with van der Waals surface area (Å²) in [6.45, 7) is 3.42. The standard InChI is InChI=1S/C23H26F2N4O5S/c1-15(30)20(14-27-23(32)26-13-16-6-3-2-4-7-16)28-22(31)21-8-5-9-29(21)35(33,34)19-11-17(24)10-18(25)12-19/h2-4,6-7,10-12,20-21,30H,1,5,8-9,13-14H2,(H,28,31)(H2,26,27,32)/t20-,21-/m1/s1. The van der Waals surface area contributed by atoms with Gasteiger partial charge >= 0.3 is 6.03 Å². The highest BCUT2D eigenvalue weighted by molar-refractivity contribution is 7.89. The number of benzene rings is 2. The van der Waals surface area contributed by atoms with E-state index >= 15 is 0 Å². The van der Waals surface area contributed by atoms with E-state index in [0.29, 0.717) is 24.6 Å². The Kier molecular flexibility index (Phi) is 8.41. The summed E-state index contributed by atoms with van der Waals surface area (Å²) in [5.41, 5.74) is 0.875. The largest absolute Gasteiger partial charge is 0.511 e. The number of aliphatic hydroxyl groups is 1. The number of aliphatic hydroxyl groups excluding tert-OH is 1. The van der Waals surface area contributed by atoms with Crippen LogP contribution in [0.5, 0.6) is 0 Å². The molecule has 1 aliphatic heterocycles. The Labute approximate surface area is 201 Å². The number of hydrogen-bond donors (Lipinski definition) is 4. The zero-order valence-electron chi connectivity index (χ0n) is 18.7. The van der Waals surface area contributed by atoms with Crippen LogP contribution in [0.15, 0.2) is 65.8 Å². The van der Waals surface area contributed by atoms with Crippen molar-refractivity contribution < 1.29 is 31.9 Å². The van der Waals surface area contributed by atoms with E-state index in [1.54, 1.807) is 0 Å². The molecule has 1 saturated heterocycles. The van der Waals surface area contributed by atoms with Crippen LogP contribution in [-0.2, 0) is 21.4 Å². The number of nitrogens with one attached hydrogen (secondary N) is 3. The van der Waals surface area contributed by atoms with E-state index in [-0.39, 0.29) is 26.1 Å². The molecular weight excluding hydrogens is 482 g/mol. The van der Waals surface area contributed by atoms with Crippen LogP contribution in [0.1, 0.15) is 18.4 Å². The molecule has 0 spiro atoms. The zero-order chi connectivity index (χ0) is 25.6. The fraction of sp³-hybridized carbons (Fsp3) is 0.304. The highest BCUT2D eigenvalue weighted by Crippen LogP contribution is 2.27. The van der Waals surface area contributed by atoms with Crippen molar-refractivity contribution in [3.05, 3.63) is 78.1 Å². The lowest BCUT2D eigenvalue weighted by Crippen LogP contribution is -2.52. The molecule has 3 rings (SSSR count). The second-order valence-corrected chi connectivity index (χ2v) is 9.87. The third kappa shape index (κ3) is 6.76. The van der Waals surface area contributed by atoms with Crippen molar-refractivity contribution in [3.63, 3.8) is 0 Å². The second-order valence-electron chi connectivity index (χ2n) is 7.98. The number of carbonyl (C=O) groups is 2. The molecule has 4 N–H and O–H groups in total. The maximum atomic E-state index is 13.6. The highest BCUT2D eigenvalue weighted by Gasteiger charge is 2.40.